The summed E-state index contributed by atoms with van der Waals surface area (Å²) in [5.41, 5.74) is 6.02. The molecular weight excluding hydrogens is 402 g/mol. The molecular formula is C25H27N5O2. The lowest BCUT2D eigenvalue weighted by atomic mass is 10.1. The van der Waals surface area contributed by atoms with Crippen molar-refractivity contribution in [3.63, 3.8) is 0 Å². The number of aromatic amines is 2. The number of benzene rings is 1. The highest BCUT2D eigenvalue weighted by atomic mass is 16.2. The standard InChI is InChI=1S/C25H27N5O2/c1-15-11-16(2)28-24(31)20(15)13-27-25(32)23-19-9-10-26-22(19)12-21(29-23)18-7-5-17(6-8-18)14-30(3)4/h5-12,26H,13-14H2,1-4H3,(H,27,32)(H,28,31). The molecule has 0 fully saturated rings. The van der Waals surface area contributed by atoms with Crippen LogP contribution < -0.4 is 10.9 Å². The van der Waals surface area contributed by atoms with E-state index in [1.54, 1.807) is 6.20 Å². The number of aromatic nitrogens is 3. The summed E-state index contributed by atoms with van der Waals surface area (Å²) in [6.07, 6.45) is 1.79. The van der Waals surface area contributed by atoms with Crippen molar-refractivity contribution in [3.8, 4) is 11.3 Å². The number of hydrogen-bond donors (Lipinski definition) is 3. The number of carbonyl (C=O) groups is 1. The zero-order valence-corrected chi connectivity index (χ0v) is 18.7. The summed E-state index contributed by atoms with van der Waals surface area (Å²) < 4.78 is 0. The molecule has 3 aromatic heterocycles. The molecule has 0 aliphatic rings. The predicted molar refractivity (Wildman–Crippen MR) is 127 cm³/mol. The van der Waals surface area contributed by atoms with Gasteiger partial charge >= 0.3 is 0 Å². The maximum atomic E-state index is 13.1. The smallest absolute Gasteiger partial charge is 0.270 e. The SMILES string of the molecule is Cc1cc(C)c(CNC(=O)c2nc(-c3ccc(CN(C)C)cc3)cc3[nH]ccc23)c(=O)[nH]1. The molecule has 3 heterocycles. The van der Waals surface area contributed by atoms with Crippen LogP contribution in [0.4, 0.5) is 0 Å². The number of aryl methyl sites for hydroxylation is 2. The molecule has 0 atom stereocenters. The van der Waals surface area contributed by atoms with E-state index in [2.05, 4.69) is 37.3 Å². The number of nitrogens with zero attached hydrogens (tertiary/aromatic N) is 2. The van der Waals surface area contributed by atoms with E-state index in [4.69, 9.17) is 0 Å². The van der Waals surface area contributed by atoms with E-state index >= 15 is 0 Å². The molecule has 0 radical (unpaired) electrons. The van der Waals surface area contributed by atoms with E-state index in [1.807, 2.05) is 58.3 Å². The van der Waals surface area contributed by atoms with Gasteiger partial charge in [-0.3, -0.25) is 9.59 Å². The third kappa shape index (κ3) is 4.48. The fraction of sp³-hybridized carbons (Fsp3) is 0.240. The third-order valence-corrected chi connectivity index (χ3v) is 5.43. The van der Waals surface area contributed by atoms with Gasteiger partial charge in [-0.15, -0.1) is 0 Å². The van der Waals surface area contributed by atoms with E-state index in [9.17, 15) is 9.59 Å². The molecule has 0 unspecified atom stereocenters. The van der Waals surface area contributed by atoms with E-state index in [1.165, 1.54) is 5.56 Å². The largest absolute Gasteiger partial charge is 0.361 e. The number of fused-ring (bicyclic) bond motifs is 1. The molecule has 0 aliphatic heterocycles. The van der Waals surface area contributed by atoms with Crippen molar-refractivity contribution in [3.05, 3.63) is 87.1 Å². The Bertz CT molecular complexity index is 1330. The van der Waals surface area contributed by atoms with Crippen LogP contribution in [0.3, 0.4) is 0 Å². The molecule has 0 aliphatic carbocycles. The zero-order chi connectivity index (χ0) is 22.8. The van der Waals surface area contributed by atoms with Gasteiger partial charge in [0.2, 0.25) is 0 Å². The number of pyridine rings is 2. The van der Waals surface area contributed by atoms with Crippen LogP contribution in [-0.2, 0) is 13.1 Å². The van der Waals surface area contributed by atoms with Crippen molar-refractivity contribution in [2.24, 2.45) is 0 Å². The molecule has 4 rings (SSSR count). The number of hydrogen-bond acceptors (Lipinski definition) is 4. The summed E-state index contributed by atoms with van der Waals surface area (Å²) in [6, 6.07) is 13.9. The van der Waals surface area contributed by atoms with E-state index in [-0.39, 0.29) is 18.0 Å². The monoisotopic (exact) mass is 429 g/mol. The lowest BCUT2D eigenvalue weighted by Crippen LogP contribution is -2.28. The first-order valence-electron chi connectivity index (χ1n) is 10.5. The molecule has 0 saturated carbocycles. The van der Waals surface area contributed by atoms with Crippen molar-refractivity contribution in [2.45, 2.75) is 26.9 Å². The quantitative estimate of drug-likeness (QED) is 0.437. The molecule has 7 heteroatoms. The minimum absolute atomic E-state index is 0.136. The van der Waals surface area contributed by atoms with Gasteiger partial charge in [0.15, 0.2) is 0 Å². The van der Waals surface area contributed by atoms with Gasteiger partial charge in [-0.2, -0.15) is 0 Å². The highest BCUT2D eigenvalue weighted by molar-refractivity contribution is 6.05. The Morgan fingerprint density at radius 2 is 1.84 bits per heavy atom. The second-order valence-electron chi connectivity index (χ2n) is 8.36. The molecule has 3 N–H and O–H groups in total. The van der Waals surface area contributed by atoms with Gasteiger partial charge in [-0.25, -0.2) is 4.98 Å². The minimum atomic E-state index is -0.319. The molecule has 32 heavy (non-hydrogen) atoms. The van der Waals surface area contributed by atoms with Crippen LogP contribution in [0.25, 0.3) is 22.2 Å². The van der Waals surface area contributed by atoms with Gasteiger partial charge in [0.1, 0.15) is 5.69 Å². The maximum Gasteiger partial charge on any atom is 0.270 e. The summed E-state index contributed by atoms with van der Waals surface area (Å²) in [4.78, 5) is 38.1. The molecule has 0 saturated heterocycles. The molecule has 0 bridgehead atoms. The first-order valence-corrected chi connectivity index (χ1v) is 10.5. The zero-order valence-electron chi connectivity index (χ0n) is 18.7. The minimum Gasteiger partial charge on any atom is -0.361 e. The normalized spacial score (nSPS) is 11.3. The van der Waals surface area contributed by atoms with E-state index in [0.29, 0.717) is 17.0 Å². The second kappa shape index (κ2) is 8.80. The van der Waals surface area contributed by atoms with Crippen molar-refractivity contribution >= 4 is 16.8 Å². The Kier molecular flexibility index (Phi) is 5.92. The number of nitrogens with one attached hydrogen (secondary N) is 3. The predicted octanol–water partition coefficient (Wildman–Crippen LogP) is 3.53. The van der Waals surface area contributed by atoms with Crippen LogP contribution in [-0.4, -0.2) is 39.9 Å². The topological polar surface area (TPSA) is 93.9 Å². The molecule has 1 aromatic carbocycles. The summed E-state index contributed by atoms with van der Waals surface area (Å²) in [7, 11) is 4.07. The lowest BCUT2D eigenvalue weighted by Gasteiger charge is -2.11. The van der Waals surface area contributed by atoms with Gasteiger partial charge in [0, 0.05) is 47.0 Å². The first kappa shape index (κ1) is 21.5. The fourth-order valence-electron chi connectivity index (χ4n) is 3.88. The van der Waals surface area contributed by atoms with Crippen molar-refractivity contribution in [1.29, 1.82) is 0 Å². The maximum absolute atomic E-state index is 13.1. The van der Waals surface area contributed by atoms with Gasteiger partial charge in [-0.1, -0.05) is 24.3 Å². The molecule has 4 aromatic rings. The van der Waals surface area contributed by atoms with Gasteiger partial charge < -0.3 is 20.2 Å². The van der Waals surface area contributed by atoms with Gasteiger partial charge in [-0.05, 0) is 57.3 Å². The van der Waals surface area contributed by atoms with Crippen molar-refractivity contribution in [2.75, 3.05) is 14.1 Å². The van der Waals surface area contributed by atoms with Crippen LogP contribution in [0, 0.1) is 13.8 Å². The van der Waals surface area contributed by atoms with E-state index < -0.39 is 0 Å². The second-order valence-corrected chi connectivity index (χ2v) is 8.36. The third-order valence-electron chi connectivity index (χ3n) is 5.43. The van der Waals surface area contributed by atoms with E-state index in [0.717, 1.165) is 34.3 Å². The fourth-order valence-corrected chi connectivity index (χ4v) is 3.88. The summed E-state index contributed by atoms with van der Waals surface area (Å²) in [6.45, 7) is 4.70. The molecule has 1 amide bonds. The highest BCUT2D eigenvalue weighted by Gasteiger charge is 2.16. The van der Waals surface area contributed by atoms with Crippen LogP contribution >= 0.6 is 0 Å². The summed E-state index contributed by atoms with van der Waals surface area (Å²) in [5, 5.41) is 3.61. The molecule has 164 valence electrons. The Hall–Kier alpha value is -3.71. The van der Waals surface area contributed by atoms with Crippen LogP contribution in [0.15, 0.2) is 53.5 Å². The van der Waals surface area contributed by atoms with Crippen LogP contribution in [0.1, 0.15) is 32.9 Å². The first-order chi connectivity index (χ1) is 15.3. The number of H-pyrrole nitrogens is 2. The number of rotatable bonds is 6. The average Bonchev–Trinajstić information content (AvgIpc) is 3.21. The Labute approximate surface area is 186 Å². The van der Waals surface area contributed by atoms with Crippen molar-refractivity contribution < 1.29 is 4.79 Å². The van der Waals surface area contributed by atoms with Gasteiger partial charge in [0.05, 0.1) is 5.69 Å². The lowest BCUT2D eigenvalue weighted by molar-refractivity contribution is 0.0947. The summed E-state index contributed by atoms with van der Waals surface area (Å²) in [5.74, 6) is -0.319. The highest BCUT2D eigenvalue weighted by Crippen LogP contribution is 2.25. The van der Waals surface area contributed by atoms with Crippen molar-refractivity contribution in [1.82, 2.24) is 25.2 Å². The Balaban J connectivity index is 1.63. The van der Waals surface area contributed by atoms with Crippen LogP contribution in [0.5, 0.6) is 0 Å². The molecule has 7 nitrogen and oxygen atoms in total. The average molecular weight is 430 g/mol. The number of amides is 1. The number of carbonyl (C=O) groups excluding carboxylic acids is 1. The summed E-state index contributed by atoms with van der Waals surface area (Å²) >= 11 is 0. The van der Waals surface area contributed by atoms with Crippen LogP contribution in [0.2, 0.25) is 0 Å². The molecule has 0 spiro atoms. The Morgan fingerprint density at radius 1 is 1.09 bits per heavy atom. The van der Waals surface area contributed by atoms with Gasteiger partial charge in [0.25, 0.3) is 11.5 Å². The Morgan fingerprint density at radius 3 is 2.53 bits per heavy atom.